The lowest BCUT2D eigenvalue weighted by Gasteiger charge is -2.32. The smallest absolute Gasteiger partial charge is 0.285 e. The lowest BCUT2D eigenvalue weighted by Crippen LogP contribution is -2.54. The molecular formula is C6H11F2NO. The second-order valence-electron chi connectivity index (χ2n) is 2.81. The van der Waals surface area contributed by atoms with Crippen LogP contribution in [0.3, 0.4) is 0 Å². The van der Waals surface area contributed by atoms with Gasteiger partial charge in [0.05, 0.1) is 6.54 Å². The van der Waals surface area contributed by atoms with E-state index < -0.39 is 18.6 Å². The van der Waals surface area contributed by atoms with Gasteiger partial charge >= 0.3 is 0 Å². The average Bonchev–Trinajstić information content (AvgIpc) is 1.83. The number of hydrogen-bond donors (Lipinski definition) is 2. The standard InChI is InChI=1S/C6H11F2NO/c1-4-2-9-3-6(7,8)5(4)10/h4-5,9-10H,2-3H2,1H3. The number of piperidine rings is 1. The fraction of sp³-hybridized carbons (Fsp3) is 1.00. The van der Waals surface area contributed by atoms with E-state index in [-0.39, 0.29) is 5.92 Å². The average molecular weight is 151 g/mol. The molecule has 10 heavy (non-hydrogen) atoms. The van der Waals surface area contributed by atoms with Gasteiger partial charge in [0.15, 0.2) is 0 Å². The molecule has 0 aromatic heterocycles. The predicted octanol–water partition coefficient (Wildman–Crippen LogP) is 0.222. The van der Waals surface area contributed by atoms with Gasteiger partial charge in [-0.1, -0.05) is 6.92 Å². The first kappa shape index (κ1) is 7.88. The fourth-order valence-electron chi connectivity index (χ4n) is 1.10. The van der Waals surface area contributed by atoms with E-state index in [0.717, 1.165) is 0 Å². The molecule has 0 aromatic carbocycles. The predicted molar refractivity (Wildman–Crippen MR) is 33.0 cm³/mol. The van der Waals surface area contributed by atoms with Crippen molar-refractivity contribution in [2.75, 3.05) is 13.1 Å². The van der Waals surface area contributed by atoms with Crippen molar-refractivity contribution < 1.29 is 13.9 Å². The molecule has 1 heterocycles. The molecule has 0 radical (unpaired) electrons. The van der Waals surface area contributed by atoms with Crippen molar-refractivity contribution in [3.8, 4) is 0 Å². The minimum Gasteiger partial charge on any atom is -0.386 e. The molecule has 0 bridgehead atoms. The lowest BCUT2D eigenvalue weighted by atomic mass is 9.95. The van der Waals surface area contributed by atoms with Crippen molar-refractivity contribution in [1.29, 1.82) is 0 Å². The summed E-state index contributed by atoms with van der Waals surface area (Å²) in [6.07, 6.45) is -1.48. The monoisotopic (exact) mass is 151 g/mol. The van der Waals surface area contributed by atoms with E-state index in [4.69, 9.17) is 5.11 Å². The summed E-state index contributed by atoms with van der Waals surface area (Å²) in [5.74, 6) is -3.30. The zero-order chi connectivity index (χ0) is 7.78. The van der Waals surface area contributed by atoms with Crippen LogP contribution in [-0.2, 0) is 0 Å². The molecule has 2 unspecified atom stereocenters. The zero-order valence-electron chi connectivity index (χ0n) is 5.77. The summed E-state index contributed by atoms with van der Waals surface area (Å²) in [6, 6.07) is 0. The Balaban J connectivity index is 2.60. The molecule has 1 fully saturated rings. The minimum absolute atomic E-state index is 0.358. The van der Waals surface area contributed by atoms with Crippen LogP contribution in [0.5, 0.6) is 0 Å². The summed E-state index contributed by atoms with van der Waals surface area (Å²) in [4.78, 5) is 0. The van der Waals surface area contributed by atoms with Crippen molar-refractivity contribution in [3.05, 3.63) is 0 Å². The van der Waals surface area contributed by atoms with Gasteiger partial charge in [0, 0.05) is 12.5 Å². The number of aliphatic hydroxyl groups is 1. The van der Waals surface area contributed by atoms with E-state index in [0.29, 0.717) is 6.54 Å². The van der Waals surface area contributed by atoms with Crippen LogP contribution in [0.15, 0.2) is 0 Å². The highest BCUT2D eigenvalue weighted by molar-refractivity contribution is 4.88. The first-order chi connectivity index (χ1) is 4.54. The molecule has 1 rings (SSSR count). The summed E-state index contributed by atoms with van der Waals surface area (Å²) in [6.45, 7) is 1.67. The summed E-state index contributed by atoms with van der Waals surface area (Å²) < 4.78 is 25.1. The molecule has 0 aromatic rings. The fourth-order valence-corrected chi connectivity index (χ4v) is 1.10. The van der Waals surface area contributed by atoms with E-state index in [1.165, 1.54) is 0 Å². The number of halogens is 2. The van der Waals surface area contributed by atoms with Gasteiger partial charge in [0.25, 0.3) is 5.92 Å². The summed E-state index contributed by atoms with van der Waals surface area (Å²) in [5, 5.41) is 11.5. The molecular weight excluding hydrogens is 140 g/mol. The van der Waals surface area contributed by atoms with Crippen LogP contribution in [0.25, 0.3) is 0 Å². The minimum atomic E-state index is -2.95. The third kappa shape index (κ3) is 1.27. The Morgan fingerprint density at radius 1 is 1.60 bits per heavy atom. The Morgan fingerprint density at radius 3 is 2.60 bits per heavy atom. The van der Waals surface area contributed by atoms with Crippen LogP contribution in [0, 0.1) is 5.92 Å². The Labute approximate surface area is 58.2 Å². The molecule has 60 valence electrons. The normalized spacial score (nSPS) is 39.6. The maximum Gasteiger partial charge on any atom is 0.285 e. The van der Waals surface area contributed by atoms with Crippen LogP contribution in [0.2, 0.25) is 0 Å². The number of rotatable bonds is 0. The van der Waals surface area contributed by atoms with Gasteiger partial charge in [0.2, 0.25) is 0 Å². The molecule has 0 aliphatic carbocycles. The second-order valence-corrected chi connectivity index (χ2v) is 2.81. The van der Waals surface area contributed by atoms with Crippen molar-refractivity contribution in [2.45, 2.75) is 19.0 Å². The lowest BCUT2D eigenvalue weighted by molar-refractivity contribution is -0.141. The molecule has 1 saturated heterocycles. The largest absolute Gasteiger partial charge is 0.386 e. The highest BCUT2D eigenvalue weighted by Crippen LogP contribution is 2.26. The van der Waals surface area contributed by atoms with Crippen LogP contribution < -0.4 is 5.32 Å². The third-order valence-corrected chi connectivity index (χ3v) is 1.80. The van der Waals surface area contributed by atoms with Crippen LogP contribution >= 0.6 is 0 Å². The highest BCUT2D eigenvalue weighted by atomic mass is 19.3. The molecule has 0 saturated carbocycles. The van der Waals surface area contributed by atoms with E-state index in [1.54, 1.807) is 6.92 Å². The van der Waals surface area contributed by atoms with Crippen molar-refractivity contribution in [2.24, 2.45) is 5.92 Å². The van der Waals surface area contributed by atoms with Crippen molar-refractivity contribution in [3.63, 3.8) is 0 Å². The van der Waals surface area contributed by atoms with Gasteiger partial charge in [-0.15, -0.1) is 0 Å². The van der Waals surface area contributed by atoms with E-state index in [1.807, 2.05) is 0 Å². The number of nitrogens with one attached hydrogen (secondary N) is 1. The maximum absolute atomic E-state index is 12.5. The van der Waals surface area contributed by atoms with E-state index in [9.17, 15) is 8.78 Å². The highest BCUT2D eigenvalue weighted by Gasteiger charge is 2.44. The SMILES string of the molecule is CC1CNCC(F)(F)C1O. The number of aliphatic hydroxyl groups excluding tert-OH is 1. The van der Waals surface area contributed by atoms with Gasteiger partial charge in [-0.2, -0.15) is 0 Å². The molecule has 2 N–H and O–H groups in total. The molecule has 4 heteroatoms. The Kier molecular flexibility index (Phi) is 1.92. The van der Waals surface area contributed by atoms with Crippen molar-refractivity contribution in [1.82, 2.24) is 5.32 Å². The summed E-state index contributed by atoms with van der Waals surface area (Å²) >= 11 is 0. The van der Waals surface area contributed by atoms with Crippen LogP contribution in [0.1, 0.15) is 6.92 Å². The maximum atomic E-state index is 12.5. The van der Waals surface area contributed by atoms with Gasteiger partial charge in [0.1, 0.15) is 6.10 Å². The summed E-state index contributed by atoms with van der Waals surface area (Å²) in [5.41, 5.74) is 0. The molecule has 0 spiro atoms. The molecule has 1 aliphatic heterocycles. The van der Waals surface area contributed by atoms with E-state index >= 15 is 0 Å². The molecule has 2 nitrogen and oxygen atoms in total. The van der Waals surface area contributed by atoms with Gasteiger partial charge in [-0.25, -0.2) is 8.78 Å². The number of alkyl halides is 2. The molecule has 0 amide bonds. The Hall–Kier alpha value is -0.220. The zero-order valence-corrected chi connectivity index (χ0v) is 5.77. The molecule has 1 aliphatic rings. The van der Waals surface area contributed by atoms with Gasteiger partial charge in [-0.05, 0) is 0 Å². The quantitative estimate of drug-likeness (QED) is 0.519. The van der Waals surface area contributed by atoms with Crippen LogP contribution in [0.4, 0.5) is 8.78 Å². The first-order valence-corrected chi connectivity index (χ1v) is 3.30. The van der Waals surface area contributed by atoms with E-state index in [2.05, 4.69) is 5.32 Å². The molecule has 2 atom stereocenters. The second kappa shape index (κ2) is 2.43. The summed E-state index contributed by atoms with van der Waals surface area (Å²) in [7, 11) is 0. The Bertz CT molecular complexity index is 129. The van der Waals surface area contributed by atoms with Gasteiger partial charge < -0.3 is 10.4 Å². The first-order valence-electron chi connectivity index (χ1n) is 3.30. The van der Waals surface area contributed by atoms with Gasteiger partial charge in [-0.3, -0.25) is 0 Å². The Morgan fingerprint density at radius 2 is 2.20 bits per heavy atom. The number of hydrogen-bond acceptors (Lipinski definition) is 2. The topological polar surface area (TPSA) is 32.3 Å². The van der Waals surface area contributed by atoms with Crippen LogP contribution in [-0.4, -0.2) is 30.2 Å². The third-order valence-electron chi connectivity index (χ3n) is 1.80. The van der Waals surface area contributed by atoms with Crippen molar-refractivity contribution >= 4 is 0 Å².